The van der Waals surface area contributed by atoms with Crippen LogP contribution in [0.25, 0.3) is 0 Å². The lowest BCUT2D eigenvalue weighted by molar-refractivity contribution is -0.928. The maximum atomic E-state index is 13.6. The topological polar surface area (TPSA) is 33.5 Å². The molecule has 3 rings (SSSR count). The van der Waals surface area contributed by atoms with Crippen molar-refractivity contribution in [3.05, 3.63) is 29.8 Å². The van der Waals surface area contributed by atoms with Crippen molar-refractivity contribution in [1.29, 1.82) is 0 Å². The fraction of sp³-hybridized carbons (Fsp3) is 0.588. The van der Waals surface area contributed by atoms with Crippen LogP contribution >= 0.6 is 0 Å². The highest BCUT2D eigenvalue weighted by Gasteiger charge is 2.37. The summed E-state index contributed by atoms with van der Waals surface area (Å²) in [6, 6.07) is 3.80. The Labute approximate surface area is 129 Å². The van der Waals surface area contributed by atoms with Crippen molar-refractivity contribution >= 4 is 11.6 Å². The van der Waals surface area contributed by atoms with Crippen LogP contribution in [0.4, 0.5) is 14.5 Å². The van der Waals surface area contributed by atoms with E-state index in [9.17, 15) is 13.6 Å². The zero-order valence-electron chi connectivity index (χ0n) is 12.7. The third-order valence-corrected chi connectivity index (χ3v) is 5.10. The molecule has 2 aliphatic rings. The molecule has 1 aromatic carbocycles. The van der Waals surface area contributed by atoms with E-state index in [2.05, 4.69) is 5.32 Å². The van der Waals surface area contributed by atoms with E-state index in [0.717, 1.165) is 31.0 Å². The Hall–Kier alpha value is -1.49. The first kappa shape index (κ1) is 15.4. The first-order valence-electron chi connectivity index (χ1n) is 8.23. The van der Waals surface area contributed by atoms with Crippen LogP contribution in [0.2, 0.25) is 0 Å². The van der Waals surface area contributed by atoms with Crippen LogP contribution in [0, 0.1) is 17.6 Å². The Morgan fingerprint density at radius 2 is 1.95 bits per heavy atom. The van der Waals surface area contributed by atoms with Crippen molar-refractivity contribution in [1.82, 2.24) is 0 Å². The van der Waals surface area contributed by atoms with Crippen LogP contribution < -0.4 is 10.2 Å². The molecule has 1 saturated carbocycles. The van der Waals surface area contributed by atoms with Crippen molar-refractivity contribution < 1.29 is 18.5 Å². The summed E-state index contributed by atoms with van der Waals surface area (Å²) in [5.41, 5.74) is 0.0583. The molecule has 0 bridgehead atoms. The summed E-state index contributed by atoms with van der Waals surface area (Å²) in [6.45, 7) is 1.39. The highest BCUT2D eigenvalue weighted by Crippen LogP contribution is 2.28. The molecule has 1 amide bonds. The van der Waals surface area contributed by atoms with Crippen LogP contribution in [-0.4, -0.2) is 25.0 Å². The van der Waals surface area contributed by atoms with Crippen molar-refractivity contribution in [2.45, 2.75) is 44.6 Å². The van der Waals surface area contributed by atoms with Crippen molar-refractivity contribution in [3.63, 3.8) is 0 Å². The predicted octanol–water partition coefficient (Wildman–Crippen LogP) is 2.14. The van der Waals surface area contributed by atoms with Crippen LogP contribution in [-0.2, 0) is 4.79 Å². The number of anilines is 1. The molecule has 1 saturated heterocycles. The van der Waals surface area contributed by atoms with Gasteiger partial charge in [-0.1, -0.05) is 6.42 Å². The van der Waals surface area contributed by atoms with Gasteiger partial charge in [0.15, 0.2) is 6.54 Å². The van der Waals surface area contributed by atoms with Crippen molar-refractivity contribution in [2.24, 2.45) is 5.92 Å². The van der Waals surface area contributed by atoms with Gasteiger partial charge in [-0.05, 0) is 44.2 Å². The summed E-state index contributed by atoms with van der Waals surface area (Å²) in [7, 11) is 0. The molecular weight excluding hydrogens is 286 g/mol. The maximum Gasteiger partial charge on any atom is 0.279 e. The van der Waals surface area contributed by atoms with Gasteiger partial charge in [-0.2, -0.15) is 0 Å². The van der Waals surface area contributed by atoms with Gasteiger partial charge in [-0.3, -0.25) is 4.79 Å². The van der Waals surface area contributed by atoms with Crippen LogP contribution in [0.1, 0.15) is 38.5 Å². The number of quaternary nitrogens is 1. The summed E-state index contributed by atoms with van der Waals surface area (Å²) in [4.78, 5) is 13.5. The van der Waals surface area contributed by atoms with Gasteiger partial charge in [0, 0.05) is 12.0 Å². The molecule has 2 fully saturated rings. The van der Waals surface area contributed by atoms with Gasteiger partial charge < -0.3 is 10.2 Å². The SMILES string of the molecule is O=C(C[NH+]1CCC[C@@H]2CCCC[C@@H]21)Nc1ccc(F)cc1F. The number of carbonyl (C=O) groups is 1. The Morgan fingerprint density at radius 3 is 2.77 bits per heavy atom. The zero-order valence-corrected chi connectivity index (χ0v) is 12.7. The normalized spacial score (nSPS) is 28.0. The lowest BCUT2D eigenvalue weighted by Gasteiger charge is -2.40. The summed E-state index contributed by atoms with van der Waals surface area (Å²) >= 11 is 0. The van der Waals surface area contributed by atoms with Gasteiger partial charge >= 0.3 is 0 Å². The Morgan fingerprint density at radius 1 is 1.18 bits per heavy atom. The molecule has 1 aliphatic heterocycles. The Kier molecular flexibility index (Phi) is 4.71. The lowest BCUT2D eigenvalue weighted by Crippen LogP contribution is -3.18. The minimum atomic E-state index is -0.725. The number of hydrogen-bond acceptors (Lipinski definition) is 1. The Bertz CT molecular complexity index is 547. The smallest absolute Gasteiger partial charge is 0.279 e. The molecule has 1 aliphatic carbocycles. The van der Waals surface area contributed by atoms with Gasteiger partial charge in [0.1, 0.15) is 11.6 Å². The third kappa shape index (κ3) is 3.46. The molecule has 3 nitrogen and oxygen atoms in total. The molecule has 0 spiro atoms. The molecule has 1 aromatic rings. The second-order valence-corrected chi connectivity index (χ2v) is 6.55. The van der Waals surface area contributed by atoms with E-state index in [1.807, 2.05) is 0 Å². The maximum absolute atomic E-state index is 13.6. The van der Waals surface area contributed by atoms with Gasteiger partial charge in [-0.15, -0.1) is 0 Å². The summed E-state index contributed by atoms with van der Waals surface area (Å²) < 4.78 is 26.5. The molecular formula is C17H23F2N2O+. The molecule has 120 valence electrons. The second kappa shape index (κ2) is 6.73. The molecule has 0 radical (unpaired) electrons. The molecule has 2 N–H and O–H groups in total. The third-order valence-electron chi connectivity index (χ3n) is 5.10. The average molecular weight is 309 g/mol. The van der Waals surface area contributed by atoms with E-state index in [1.54, 1.807) is 0 Å². The van der Waals surface area contributed by atoms with Crippen LogP contribution in [0.3, 0.4) is 0 Å². The summed E-state index contributed by atoms with van der Waals surface area (Å²) in [6.07, 6.45) is 7.47. The van der Waals surface area contributed by atoms with E-state index >= 15 is 0 Å². The van der Waals surface area contributed by atoms with Gasteiger partial charge in [-0.25, -0.2) is 8.78 Å². The molecule has 0 aromatic heterocycles. The van der Waals surface area contributed by atoms with Gasteiger partial charge in [0.05, 0.1) is 18.3 Å². The van der Waals surface area contributed by atoms with E-state index in [0.29, 0.717) is 12.6 Å². The number of amides is 1. The number of nitrogens with one attached hydrogen (secondary N) is 2. The molecule has 5 heteroatoms. The standard InChI is InChI=1S/C17H22F2N2O/c18-13-7-8-15(14(19)10-13)20-17(22)11-21-9-3-5-12-4-1-2-6-16(12)21/h7-8,10,12,16H,1-6,9,11H2,(H,20,22)/p+1/t12-,16-/m0/s1. The highest BCUT2D eigenvalue weighted by molar-refractivity contribution is 5.91. The predicted molar refractivity (Wildman–Crippen MR) is 80.7 cm³/mol. The zero-order chi connectivity index (χ0) is 15.5. The Balaban J connectivity index is 1.61. The van der Waals surface area contributed by atoms with Gasteiger partial charge in [0.25, 0.3) is 5.91 Å². The number of carbonyl (C=O) groups excluding carboxylic acids is 1. The average Bonchev–Trinajstić information content (AvgIpc) is 2.50. The lowest BCUT2D eigenvalue weighted by atomic mass is 9.78. The number of fused-ring (bicyclic) bond motifs is 1. The van der Waals surface area contributed by atoms with E-state index in [-0.39, 0.29) is 11.6 Å². The van der Waals surface area contributed by atoms with Crippen LogP contribution in [0.15, 0.2) is 18.2 Å². The number of likely N-dealkylation sites (tertiary alicyclic amines) is 1. The molecule has 22 heavy (non-hydrogen) atoms. The summed E-state index contributed by atoms with van der Waals surface area (Å²) in [5.74, 6) is -0.806. The number of halogens is 2. The number of rotatable bonds is 3. The highest BCUT2D eigenvalue weighted by atomic mass is 19.1. The summed E-state index contributed by atoms with van der Waals surface area (Å²) in [5, 5.41) is 2.58. The second-order valence-electron chi connectivity index (χ2n) is 6.55. The monoisotopic (exact) mass is 309 g/mol. The van der Waals surface area contributed by atoms with E-state index in [1.165, 1.54) is 43.1 Å². The number of hydrogen-bond donors (Lipinski definition) is 2. The van der Waals surface area contributed by atoms with Crippen molar-refractivity contribution in [2.75, 3.05) is 18.4 Å². The largest absolute Gasteiger partial charge is 0.324 e. The van der Waals surface area contributed by atoms with E-state index < -0.39 is 11.6 Å². The number of piperidine rings is 1. The van der Waals surface area contributed by atoms with Crippen LogP contribution in [0.5, 0.6) is 0 Å². The molecule has 1 unspecified atom stereocenters. The molecule has 1 heterocycles. The first-order valence-corrected chi connectivity index (χ1v) is 8.23. The minimum Gasteiger partial charge on any atom is -0.324 e. The minimum absolute atomic E-state index is 0.0583. The number of benzene rings is 1. The quantitative estimate of drug-likeness (QED) is 0.881. The fourth-order valence-corrected chi connectivity index (χ4v) is 4.08. The first-order chi connectivity index (χ1) is 10.6. The fourth-order valence-electron chi connectivity index (χ4n) is 4.08. The molecule has 3 atom stereocenters. The van der Waals surface area contributed by atoms with Gasteiger partial charge in [0.2, 0.25) is 0 Å². The van der Waals surface area contributed by atoms with E-state index in [4.69, 9.17) is 0 Å². The van der Waals surface area contributed by atoms with Crippen molar-refractivity contribution in [3.8, 4) is 0 Å².